The van der Waals surface area contributed by atoms with E-state index in [2.05, 4.69) is 20.6 Å². The molecule has 0 aliphatic carbocycles. The molecule has 0 unspecified atom stereocenters. The van der Waals surface area contributed by atoms with Crippen LogP contribution >= 0.6 is 11.6 Å². The lowest BCUT2D eigenvalue weighted by Gasteiger charge is -2.10. The van der Waals surface area contributed by atoms with Crippen LogP contribution in [0.5, 0.6) is 5.75 Å². The van der Waals surface area contributed by atoms with Gasteiger partial charge in [-0.25, -0.2) is 9.97 Å². The summed E-state index contributed by atoms with van der Waals surface area (Å²) < 4.78 is 5.32. The van der Waals surface area contributed by atoms with Crippen LogP contribution in [-0.4, -0.2) is 23.0 Å². The number of rotatable bonds is 6. The number of aromatic nitrogens is 2. The minimum Gasteiger partial charge on any atom is -0.496 e. The summed E-state index contributed by atoms with van der Waals surface area (Å²) in [7, 11) is 1.62. The van der Waals surface area contributed by atoms with Crippen molar-refractivity contribution < 1.29 is 9.53 Å². The first-order valence-electron chi connectivity index (χ1n) is 8.33. The number of anilines is 2. The number of nitrogens with zero attached hydrogens (tertiary/aromatic N) is 2. The van der Waals surface area contributed by atoms with Gasteiger partial charge in [0.15, 0.2) is 0 Å². The third kappa shape index (κ3) is 4.74. The topological polar surface area (TPSA) is 76.1 Å². The van der Waals surface area contributed by atoms with Gasteiger partial charge in [0.05, 0.1) is 7.11 Å². The number of methoxy groups -OCH3 is 1. The predicted molar refractivity (Wildman–Crippen MR) is 106 cm³/mol. The number of carbonyl (C=O) groups is 1. The van der Waals surface area contributed by atoms with Crippen LogP contribution in [-0.2, 0) is 6.54 Å². The lowest BCUT2D eigenvalue weighted by atomic mass is 10.2. The van der Waals surface area contributed by atoms with Crippen molar-refractivity contribution in [3.05, 3.63) is 76.6 Å². The lowest BCUT2D eigenvalue weighted by molar-refractivity contribution is 0.102. The Kier molecular flexibility index (Phi) is 5.88. The van der Waals surface area contributed by atoms with E-state index in [0.29, 0.717) is 23.2 Å². The van der Waals surface area contributed by atoms with Crippen LogP contribution in [0.4, 0.5) is 11.6 Å². The molecular weight excluding hydrogens is 364 g/mol. The average molecular weight is 383 g/mol. The zero-order chi connectivity index (χ0) is 19.2. The molecule has 0 radical (unpaired) electrons. The maximum atomic E-state index is 12.4. The molecule has 0 aliphatic rings. The Morgan fingerprint density at radius 1 is 1.19 bits per heavy atom. The number of para-hydroxylation sites is 1. The Morgan fingerprint density at radius 2 is 2.00 bits per heavy atom. The van der Waals surface area contributed by atoms with E-state index in [0.717, 1.165) is 16.9 Å². The highest BCUT2D eigenvalue weighted by molar-refractivity contribution is 6.31. The molecule has 2 N–H and O–H groups in total. The van der Waals surface area contributed by atoms with Crippen molar-refractivity contribution in [2.75, 3.05) is 17.7 Å². The zero-order valence-corrected chi connectivity index (χ0v) is 15.7. The minimum atomic E-state index is -0.335. The normalized spacial score (nSPS) is 10.3. The molecule has 0 saturated heterocycles. The number of nitrogens with one attached hydrogen (secondary N) is 2. The van der Waals surface area contributed by atoms with Gasteiger partial charge in [-0.05, 0) is 36.8 Å². The van der Waals surface area contributed by atoms with Crippen LogP contribution in [0.2, 0.25) is 5.02 Å². The van der Waals surface area contributed by atoms with E-state index >= 15 is 0 Å². The van der Waals surface area contributed by atoms with E-state index < -0.39 is 0 Å². The van der Waals surface area contributed by atoms with Crippen molar-refractivity contribution in [1.82, 2.24) is 9.97 Å². The fourth-order valence-corrected chi connectivity index (χ4v) is 2.64. The Labute approximate surface area is 162 Å². The molecule has 0 spiro atoms. The summed E-state index contributed by atoms with van der Waals surface area (Å²) in [4.78, 5) is 20.9. The Bertz CT molecular complexity index is 962. The van der Waals surface area contributed by atoms with Crippen LogP contribution in [0, 0.1) is 6.92 Å². The number of hydrogen-bond donors (Lipinski definition) is 2. The second kappa shape index (κ2) is 8.51. The monoisotopic (exact) mass is 382 g/mol. The first-order chi connectivity index (χ1) is 13.1. The summed E-state index contributed by atoms with van der Waals surface area (Å²) in [5, 5.41) is 6.48. The van der Waals surface area contributed by atoms with Gasteiger partial charge in [-0.2, -0.15) is 0 Å². The standard InChI is InChI=1S/C20H19ClN4O2/c1-13-7-8-15(11-16(13)21)24-19(26)17-9-10-22-20(25-17)23-12-14-5-3-4-6-18(14)27-2/h3-11H,12H2,1-2H3,(H,24,26)(H,22,23,25). The summed E-state index contributed by atoms with van der Waals surface area (Å²) in [5.74, 6) is 0.795. The number of halogens is 1. The van der Waals surface area contributed by atoms with Crippen molar-refractivity contribution in [3.63, 3.8) is 0 Å². The average Bonchev–Trinajstić information content (AvgIpc) is 2.69. The van der Waals surface area contributed by atoms with Crippen LogP contribution in [0.3, 0.4) is 0 Å². The van der Waals surface area contributed by atoms with Crippen molar-refractivity contribution >= 4 is 29.1 Å². The van der Waals surface area contributed by atoms with E-state index in [1.165, 1.54) is 6.20 Å². The number of benzene rings is 2. The third-order valence-electron chi connectivity index (χ3n) is 3.95. The van der Waals surface area contributed by atoms with Gasteiger partial charge >= 0.3 is 0 Å². The Hall–Kier alpha value is -3.12. The van der Waals surface area contributed by atoms with Crippen molar-refractivity contribution in [2.24, 2.45) is 0 Å². The molecule has 6 nitrogen and oxygen atoms in total. The highest BCUT2D eigenvalue weighted by atomic mass is 35.5. The zero-order valence-electron chi connectivity index (χ0n) is 15.0. The van der Waals surface area contributed by atoms with Gasteiger partial charge in [0, 0.05) is 29.0 Å². The molecule has 0 saturated carbocycles. The molecular formula is C20H19ClN4O2. The predicted octanol–water partition coefficient (Wildman–Crippen LogP) is 4.31. The van der Waals surface area contributed by atoms with Crippen LogP contribution in [0.15, 0.2) is 54.7 Å². The van der Waals surface area contributed by atoms with Crippen molar-refractivity contribution in [1.29, 1.82) is 0 Å². The number of aryl methyl sites for hydroxylation is 1. The Balaban J connectivity index is 1.69. The van der Waals surface area contributed by atoms with Gasteiger partial charge in [-0.1, -0.05) is 35.9 Å². The molecule has 1 aromatic heterocycles. The van der Waals surface area contributed by atoms with Crippen LogP contribution in [0.1, 0.15) is 21.6 Å². The van der Waals surface area contributed by atoms with E-state index in [9.17, 15) is 4.79 Å². The van der Waals surface area contributed by atoms with Crippen molar-refractivity contribution in [2.45, 2.75) is 13.5 Å². The summed E-state index contributed by atoms with van der Waals surface area (Å²) in [6.07, 6.45) is 1.54. The first kappa shape index (κ1) is 18.7. The van der Waals surface area contributed by atoms with Crippen molar-refractivity contribution in [3.8, 4) is 5.75 Å². The number of ether oxygens (including phenoxy) is 1. The van der Waals surface area contributed by atoms with Gasteiger partial charge in [0.1, 0.15) is 11.4 Å². The Morgan fingerprint density at radius 3 is 2.78 bits per heavy atom. The molecule has 2 aromatic carbocycles. The van der Waals surface area contributed by atoms with Gasteiger partial charge in [0.2, 0.25) is 5.95 Å². The SMILES string of the molecule is COc1ccccc1CNc1nccc(C(=O)Nc2ccc(C)c(Cl)c2)n1. The van der Waals surface area contributed by atoms with E-state index in [4.69, 9.17) is 16.3 Å². The fraction of sp³-hybridized carbons (Fsp3) is 0.150. The fourth-order valence-electron chi connectivity index (χ4n) is 2.46. The largest absolute Gasteiger partial charge is 0.496 e. The molecule has 27 heavy (non-hydrogen) atoms. The van der Waals surface area contributed by atoms with Gasteiger partial charge in [-0.15, -0.1) is 0 Å². The van der Waals surface area contributed by atoms with E-state index in [1.807, 2.05) is 37.3 Å². The van der Waals surface area contributed by atoms with Crippen LogP contribution in [0.25, 0.3) is 0 Å². The van der Waals surface area contributed by atoms with Gasteiger partial charge in [-0.3, -0.25) is 4.79 Å². The molecule has 138 valence electrons. The molecule has 0 bridgehead atoms. The van der Waals surface area contributed by atoms with E-state index in [-0.39, 0.29) is 11.6 Å². The molecule has 3 aromatic rings. The number of amides is 1. The third-order valence-corrected chi connectivity index (χ3v) is 4.35. The van der Waals surface area contributed by atoms with Gasteiger partial charge in [0.25, 0.3) is 5.91 Å². The quantitative estimate of drug-likeness (QED) is 0.664. The molecule has 1 amide bonds. The summed E-state index contributed by atoms with van der Waals surface area (Å²) in [6.45, 7) is 2.38. The molecule has 3 rings (SSSR count). The highest BCUT2D eigenvalue weighted by Crippen LogP contribution is 2.21. The second-order valence-corrected chi connectivity index (χ2v) is 6.26. The maximum Gasteiger partial charge on any atom is 0.274 e. The van der Waals surface area contributed by atoms with Crippen LogP contribution < -0.4 is 15.4 Å². The minimum absolute atomic E-state index is 0.254. The van der Waals surface area contributed by atoms with Gasteiger partial charge < -0.3 is 15.4 Å². The number of hydrogen-bond acceptors (Lipinski definition) is 5. The summed E-state index contributed by atoms with van der Waals surface area (Å²) in [6, 6.07) is 14.6. The highest BCUT2D eigenvalue weighted by Gasteiger charge is 2.10. The molecule has 1 heterocycles. The smallest absolute Gasteiger partial charge is 0.274 e. The molecule has 7 heteroatoms. The maximum absolute atomic E-state index is 12.4. The number of carbonyl (C=O) groups excluding carboxylic acids is 1. The lowest BCUT2D eigenvalue weighted by Crippen LogP contribution is -2.15. The second-order valence-electron chi connectivity index (χ2n) is 5.85. The molecule has 0 atom stereocenters. The molecule has 0 aliphatic heterocycles. The summed E-state index contributed by atoms with van der Waals surface area (Å²) >= 11 is 6.10. The molecule has 0 fully saturated rings. The first-order valence-corrected chi connectivity index (χ1v) is 8.71. The summed E-state index contributed by atoms with van der Waals surface area (Å²) in [5.41, 5.74) is 2.77. The van der Waals surface area contributed by atoms with E-state index in [1.54, 1.807) is 25.3 Å².